The van der Waals surface area contributed by atoms with Gasteiger partial charge >= 0.3 is 5.97 Å². The van der Waals surface area contributed by atoms with E-state index in [4.69, 9.17) is 13.6 Å². The fourth-order valence-electron chi connectivity index (χ4n) is 11.1. The molecule has 1 amide bonds. The summed E-state index contributed by atoms with van der Waals surface area (Å²) < 4.78 is 21.4. The van der Waals surface area contributed by atoms with E-state index in [0.717, 1.165) is 108 Å². The summed E-state index contributed by atoms with van der Waals surface area (Å²) in [5, 5.41) is 26.5. The monoisotopic (exact) mass is 1010 g/mol. The number of hydrogen-bond donors (Lipinski definition) is 3. The first-order chi connectivity index (χ1) is 35.9. The molecule has 2 fully saturated rings. The van der Waals surface area contributed by atoms with Crippen LogP contribution in [-0.2, 0) is 4.74 Å². The summed E-state index contributed by atoms with van der Waals surface area (Å²) in [6.45, 7) is 12.9. The van der Waals surface area contributed by atoms with Gasteiger partial charge in [-0.2, -0.15) is 0 Å². The molecule has 0 bridgehead atoms. The number of ether oxygens (including phenoxy) is 1. The van der Waals surface area contributed by atoms with E-state index in [2.05, 4.69) is 91.0 Å². The predicted octanol–water partition coefficient (Wildman–Crippen LogP) is 12.3. The summed E-state index contributed by atoms with van der Waals surface area (Å²) in [5.41, 5.74) is 7.12. The quantitative estimate of drug-likeness (QED) is 0.0509. The molecule has 13 heteroatoms. The van der Waals surface area contributed by atoms with E-state index in [1.807, 2.05) is 6.07 Å². The van der Waals surface area contributed by atoms with Crippen molar-refractivity contribution in [2.75, 3.05) is 37.7 Å². The smallest absolute Gasteiger partial charge is 0.336 e. The first-order valence-electron chi connectivity index (χ1n) is 26.1. The largest absolute Gasteiger partial charge is 0.508 e. The van der Waals surface area contributed by atoms with Crippen molar-refractivity contribution in [2.45, 2.75) is 95.4 Å². The number of anilines is 1. The van der Waals surface area contributed by atoms with Crippen LogP contribution < -0.4 is 25.6 Å². The number of Topliss-reactive ketones (excluding diaryl/α,β-unsaturated/α-hetero) is 1. The number of benzene rings is 6. The second kappa shape index (κ2) is 21.7. The minimum absolute atomic E-state index is 0.0345. The van der Waals surface area contributed by atoms with Crippen LogP contribution in [0.1, 0.15) is 110 Å². The van der Waals surface area contributed by atoms with E-state index in [1.165, 1.54) is 30.3 Å². The molecule has 0 spiro atoms. The van der Waals surface area contributed by atoms with Crippen LogP contribution in [0.15, 0.2) is 128 Å². The Morgan fingerprint density at radius 2 is 1.35 bits per heavy atom. The molecule has 12 nitrogen and oxygen atoms in total. The maximum atomic E-state index is 14.4. The van der Waals surface area contributed by atoms with Crippen LogP contribution in [0.4, 0.5) is 5.69 Å². The van der Waals surface area contributed by atoms with Crippen LogP contribution in [0.25, 0.3) is 66.8 Å². The fraction of sp³-hybridized carbons (Fsp3) is 0.328. The topological polar surface area (TPSA) is 163 Å². The maximum absolute atomic E-state index is 14.4. The Bertz CT molecular complexity index is 3500. The molecule has 3 aliphatic carbocycles. The first kappa shape index (κ1) is 50.3. The summed E-state index contributed by atoms with van der Waals surface area (Å²) in [6.07, 6.45) is 6.30. The number of phenols is 1. The highest BCUT2D eigenvalue weighted by molar-refractivity contribution is 8.00. The Morgan fingerprint density at radius 1 is 0.689 bits per heavy atom. The van der Waals surface area contributed by atoms with Gasteiger partial charge in [0.15, 0.2) is 11.2 Å². The zero-order valence-electron chi connectivity index (χ0n) is 42.4. The average Bonchev–Trinajstić information content (AvgIpc) is 3.41. The van der Waals surface area contributed by atoms with Crippen molar-refractivity contribution in [3.05, 3.63) is 141 Å². The number of carboxylic acids is 1. The molecular formula is C61H62N3O9S+. The van der Waals surface area contributed by atoms with Crippen LogP contribution in [0, 0.1) is 5.92 Å². The standard InChI is InChI=1S/C61H61N3O9S/c1-5-63(6-2)40-18-24-45-52(32-40)72-53-33-41(64(7-3)8-4)19-25-46(53)59(45)49-23-14-37(31-56(49)74-57-11-9-10-28-71-57)51(67)29-36-12-16-39(17-13-36)62-60(68)38-15-22-44(50(30-38)61(69)70)58-47-26-20-42(65)34-54(47)73-55-35-43(66)21-27-48(55)58/h14-15,18-27,30-36,39,57H,5-13,16-17,28-29H2,1-4H3,(H2-,62,65,66,68,69,70)/p+1. The Morgan fingerprint density at radius 3 is 2.05 bits per heavy atom. The van der Waals surface area contributed by atoms with Gasteiger partial charge in [0.2, 0.25) is 5.36 Å². The number of amides is 1. The van der Waals surface area contributed by atoms with E-state index < -0.39 is 5.97 Å². The molecule has 4 aromatic rings. The Hall–Kier alpha value is -7.22. The number of carbonyl (C=O) groups excluding carboxylic acids is 2. The minimum atomic E-state index is -1.23. The molecule has 1 saturated heterocycles. The molecule has 1 unspecified atom stereocenters. The van der Waals surface area contributed by atoms with Crippen LogP contribution in [0.5, 0.6) is 5.75 Å². The van der Waals surface area contributed by atoms with E-state index in [0.29, 0.717) is 53.5 Å². The average molecular weight is 1010 g/mol. The molecule has 3 aliphatic heterocycles. The van der Waals surface area contributed by atoms with Crippen molar-refractivity contribution in [1.82, 2.24) is 9.89 Å². The fourth-order valence-corrected chi connectivity index (χ4v) is 12.3. The number of carbonyl (C=O) groups is 3. The molecule has 4 aromatic carbocycles. The number of nitrogens with zero attached hydrogens (tertiary/aromatic N) is 2. The van der Waals surface area contributed by atoms with Crippen LogP contribution in [0.2, 0.25) is 0 Å². The summed E-state index contributed by atoms with van der Waals surface area (Å²) in [7, 11) is 0. The number of hydrogen-bond acceptors (Lipinski definition) is 10. The number of aromatic hydroxyl groups is 1. The predicted molar refractivity (Wildman–Crippen MR) is 293 cm³/mol. The van der Waals surface area contributed by atoms with Crippen LogP contribution in [-0.4, -0.2) is 72.1 Å². The molecule has 10 rings (SSSR count). The SMILES string of the molecule is CCN(CC)c1ccc2c(-c3ccc(C(=O)CC4CCC(NC(=O)c5ccc(-c6c7ccc(=O)cc-7oc7cc(O)ccc67)c(C(=O)O)c5)CC4)cc3SC3CCCCO3)c3ccc(=[N+](CC)CC)cc-3oc2c1. The van der Waals surface area contributed by atoms with Gasteiger partial charge in [-0.25, -0.2) is 9.37 Å². The van der Waals surface area contributed by atoms with Crippen LogP contribution in [0.3, 0.4) is 0 Å². The lowest BCUT2D eigenvalue weighted by molar-refractivity contribution is 0.0697. The Kier molecular flexibility index (Phi) is 14.8. The molecule has 74 heavy (non-hydrogen) atoms. The third-order valence-electron chi connectivity index (χ3n) is 15.0. The normalized spacial score (nSPS) is 16.9. The molecule has 3 N–H and O–H groups in total. The highest BCUT2D eigenvalue weighted by Gasteiger charge is 2.29. The summed E-state index contributed by atoms with van der Waals surface area (Å²) in [4.78, 5) is 56.7. The highest BCUT2D eigenvalue weighted by atomic mass is 32.2. The van der Waals surface area contributed by atoms with Gasteiger partial charge in [0, 0.05) is 111 Å². The third-order valence-corrected chi connectivity index (χ3v) is 16.3. The van der Waals surface area contributed by atoms with Crippen molar-refractivity contribution in [1.29, 1.82) is 0 Å². The number of rotatable bonds is 15. The minimum Gasteiger partial charge on any atom is -0.508 e. The summed E-state index contributed by atoms with van der Waals surface area (Å²) in [6, 6.07) is 32.5. The highest BCUT2D eigenvalue weighted by Crippen LogP contribution is 2.47. The maximum Gasteiger partial charge on any atom is 0.336 e. The van der Waals surface area contributed by atoms with Gasteiger partial charge in [-0.15, -0.1) is 0 Å². The van der Waals surface area contributed by atoms with Crippen molar-refractivity contribution in [2.24, 2.45) is 5.92 Å². The molecule has 3 heterocycles. The molecule has 0 radical (unpaired) electrons. The van der Waals surface area contributed by atoms with E-state index >= 15 is 0 Å². The van der Waals surface area contributed by atoms with E-state index in [-0.39, 0.29) is 62.7 Å². The van der Waals surface area contributed by atoms with Crippen molar-refractivity contribution >= 4 is 57.0 Å². The summed E-state index contributed by atoms with van der Waals surface area (Å²) in [5.74, 6) is -0.392. The van der Waals surface area contributed by atoms with E-state index in [1.54, 1.807) is 36.0 Å². The number of fused-ring (bicyclic) bond motifs is 4. The number of thioether (sulfide) groups is 1. The number of nitrogens with one attached hydrogen (secondary N) is 1. The summed E-state index contributed by atoms with van der Waals surface area (Å²) >= 11 is 1.70. The molecule has 380 valence electrons. The third kappa shape index (κ3) is 10.2. The van der Waals surface area contributed by atoms with Gasteiger partial charge < -0.3 is 34.0 Å². The second-order valence-corrected chi connectivity index (χ2v) is 20.7. The van der Waals surface area contributed by atoms with Gasteiger partial charge in [-0.05, 0) is 150 Å². The molecule has 1 atom stereocenters. The van der Waals surface area contributed by atoms with Crippen molar-refractivity contribution in [3.63, 3.8) is 0 Å². The molecule has 1 saturated carbocycles. The van der Waals surface area contributed by atoms with Gasteiger partial charge in [0.1, 0.15) is 47.0 Å². The lowest BCUT2D eigenvalue weighted by Crippen LogP contribution is -2.38. The number of aromatic carboxylic acids is 1. The van der Waals surface area contributed by atoms with Gasteiger partial charge in [-0.1, -0.05) is 30.0 Å². The zero-order valence-corrected chi connectivity index (χ0v) is 43.2. The zero-order chi connectivity index (χ0) is 51.6. The van der Waals surface area contributed by atoms with Gasteiger partial charge in [0.05, 0.1) is 11.6 Å². The number of ketones is 1. The molecule has 0 aromatic heterocycles. The first-order valence-corrected chi connectivity index (χ1v) is 27.0. The number of carboxylic acid groups (broad SMARTS) is 1. The Labute approximate surface area is 434 Å². The Balaban J connectivity index is 0.889. The van der Waals surface area contributed by atoms with E-state index in [9.17, 15) is 29.4 Å². The lowest BCUT2D eigenvalue weighted by atomic mass is 9.82. The van der Waals surface area contributed by atoms with Crippen LogP contribution >= 0.6 is 11.8 Å². The lowest BCUT2D eigenvalue weighted by Gasteiger charge is -2.29. The second-order valence-electron chi connectivity index (χ2n) is 19.5. The number of phenolic OH excluding ortho intramolecular Hbond substituents is 1. The van der Waals surface area contributed by atoms with Crippen molar-refractivity contribution in [3.8, 4) is 50.7 Å². The van der Waals surface area contributed by atoms with Gasteiger partial charge in [-0.3, -0.25) is 14.4 Å². The molecule has 6 aliphatic rings. The van der Waals surface area contributed by atoms with Crippen molar-refractivity contribution < 1.29 is 38.2 Å². The van der Waals surface area contributed by atoms with Gasteiger partial charge in [0.25, 0.3) is 5.91 Å². The molecular weight excluding hydrogens is 951 g/mol.